The molecule has 3 nitrogen and oxygen atoms in total. The number of hydrazine groups is 1. The van der Waals surface area contributed by atoms with Gasteiger partial charge in [-0.3, -0.25) is 11.3 Å². The first-order valence-corrected chi connectivity index (χ1v) is 7.24. The molecule has 0 aliphatic carbocycles. The number of aromatic nitrogens is 1. The summed E-state index contributed by atoms with van der Waals surface area (Å²) in [6.07, 6.45) is 0.471. The molecule has 1 heterocycles. The number of para-hydroxylation sites is 1. The molecule has 3 N–H and O–H groups in total. The summed E-state index contributed by atoms with van der Waals surface area (Å²) in [5.41, 5.74) is 3.98. The van der Waals surface area contributed by atoms with Crippen molar-refractivity contribution in [3.05, 3.63) is 64.7 Å². The monoisotopic (exact) mass is 305 g/mol. The molecular weight excluding hydrogens is 292 g/mol. The largest absolute Gasteiger partial charge is 0.271 e. The molecule has 0 saturated heterocycles. The van der Waals surface area contributed by atoms with E-state index in [0.29, 0.717) is 12.0 Å². The van der Waals surface area contributed by atoms with Gasteiger partial charge < -0.3 is 0 Å². The van der Waals surface area contributed by atoms with E-state index < -0.39 is 17.7 Å². The zero-order chi connectivity index (χ0) is 14.8. The molecule has 1 unspecified atom stereocenters. The second-order valence-electron chi connectivity index (χ2n) is 4.70. The SMILES string of the molecule is NNC(Cc1nc2ccccc2s1)c1cc(F)cc(F)c1. The van der Waals surface area contributed by atoms with E-state index in [9.17, 15) is 8.78 Å². The summed E-state index contributed by atoms with van der Waals surface area (Å²) < 4.78 is 27.7. The van der Waals surface area contributed by atoms with Crippen LogP contribution in [0.4, 0.5) is 8.78 Å². The molecule has 3 rings (SSSR count). The van der Waals surface area contributed by atoms with Crippen LogP contribution in [0, 0.1) is 11.6 Å². The van der Waals surface area contributed by atoms with Crippen molar-refractivity contribution >= 4 is 21.6 Å². The van der Waals surface area contributed by atoms with E-state index in [1.165, 1.54) is 12.1 Å². The summed E-state index contributed by atoms with van der Waals surface area (Å²) in [7, 11) is 0. The van der Waals surface area contributed by atoms with E-state index in [1.807, 2.05) is 24.3 Å². The van der Waals surface area contributed by atoms with Crippen molar-refractivity contribution < 1.29 is 8.78 Å². The van der Waals surface area contributed by atoms with Gasteiger partial charge in [-0.1, -0.05) is 12.1 Å². The van der Waals surface area contributed by atoms with Crippen LogP contribution >= 0.6 is 11.3 Å². The number of benzene rings is 2. The van der Waals surface area contributed by atoms with E-state index in [2.05, 4.69) is 10.4 Å². The number of hydrogen-bond donors (Lipinski definition) is 2. The average molecular weight is 305 g/mol. The lowest BCUT2D eigenvalue weighted by Gasteiger charge is -2.15. The minimum atomic E-state index is -0.616. The number of nitrogens with two attached hydrogens (primary N) is 1. The van der Waals surface area contributed by atoms with Crippen molar-refractivity contribution in [3.63, 3.8) is 0 Å². The number of rotatable bonds is 4. The van der Waals surface area contributed by atoms with Gasteiger partial charge in [0.1, 0.15) is 11.6 Å². The average Bonchev–Trinajstić information content (AvgIpc) is 2.86. The van der Waals surface area contributed by atoms with Gasteiger partial charge in [-0.25, -0.2) is 13.8 Å². The number of fused-ring (bicyclic) bond motifs is 1. The second kappa shape index (κ2) is 5.85. The molecule has 0 aliphatic heterocycles. The van der Waals surface area contributed by atoms with Crippen LogP contribution in [0.25, 0.3) is 10.2 Å². The maximum Gasteiger partial charge on any atom is 0.126 e. The van der Waals surface area contributed by atoms with Crippen molar-refractivity contribution in [1.82, 2.24) is 10.4 Å². The highest BCUT2D eigenvalue weighted by Crippen LogP contribution is 2.26. The summed E-state index contributed by atoms with van der Waals surface area (Å²) in [6.45, 7) is 0. The quantitative estimate of drug-likeness (QED) is 0.574. The lowest BCUT2D eigenvalue weighted by molar-refractivity contribution is 0.530. The zero-order valence-corrected chi connectivity index (χ0v) is 11.8. The lowest BCUT2D eigenvalue weighted by atomic mass is 10.0. The molecule has 0 radical (unpaired) electrons. The first-order valence-electron chi connectivity index (χ1n) is 6.42. The number of nitrogens with zero attached hydrogens (tertiary/aromatic N) is 1. The normalized spacial score (nSPS) is 12.7. The van der Waals surface area contributed by atoms with E-state index in [0.717, 1.165) is 21.3 Å². The summed E-state index contributed by atoms with van der Waals surface area (Å²) in [5.74, 6) is 4.30. The molecule has 0 spiro atoms. The summed E-state index contributed by atoms with van der Waals surface area (Å²) in [5, 5.41) is 0.865. The van der Waals surface area contributed by atoms with Gasteiger partial charge in [-0.05, 0) is 29.8 Å². The van der Waals surface area contributed by atoms with Gasteiger partial charge in [-0.15, -0.1) is 11.3 Å². The van der Waals surface area contributed by atoms with Gasteiger partial charge in [0.15, 0.2) is 0 Å². The third kappa shape index (κ3) is 3.07. The van der Waals surface area contributed by atoms with Crippen molar-refractivity contribution in [1.29, 1.82) is 0 Å². The Hall–Kier alpha value is -1.89. The zero-order valence-electron chi connectivity index (χ0n) is 11.0. The van der Waals surface area contributed by atoms with Crippen LogP contribution in [0.3, 0.4) is 0 Å². The molecule has 0 fully saturated rings. The highest BCUT2D eigenvalue weighted by molar-refractivity contribution is 7.18. The topological polar surface area (TPSA) is 50.9 Å². The Bertz CT molecular complexity index is 719. The standard InChI is InChI=1S/C15H13F2N3S/c16-10-5-9(6-11(17)7-10)13(20-18)8-15-19-12-3-1-2-4-14(12)21-15/h1-7,13,20H,8,18H2. The summed E-state index contributed by atoms with van der Waals surface area (Å²) in [4.78, 5) is 4.51. The first kappa shape index (κ1) is 14.1. The van der Waals surface area contributed by atoms with Gasteiger partial charge in [0, 0.05) is 12.5 Å². The smallest absolute Gasteiger partial charge is 0.126 e. The summed E-state index contributed by atoms with van der Waals surface area (Å²) >= 11 is 1.55. The Balaban J connectivity index is 1.89. The Morgan fingerprint density at radius 2 is 1.86 bits per heavy atom. The number of nitrogens with one attached hydrogen (secondary N) is 1. The predicted octanol–water partition coefficient (Wildman–Crippen LogP) is 3.32. The lowest BCUT2D eigenvalue weighted by Crippen LogP contribution is -2.29. The van der Waals surface area contributed by atoms with Crippen molar-refractivity contribution in [3.8, 4) is 0 Å². The van der Waals surface area contributed by atoms with Crippen LogP contribution in [0.2, 0.25) is 0 Å². The molecule has 6 heteroatoms. The van der Waals surface area contributed by atoms with Gasteiger partial charge >= 0.3 is 0 Å². The van der Waals surface area contributed by atoms with Crippen LogP contribution in [0.1, 0.15) is 16.6 Å². The second-order valence-corrected chi connectivity index (χ2v) is 5.82. The molecular formula is C15H13F2N3S. The molecule has 0 bridgehead atoms. The van der Waals surface area contributed by atoms with Crippen LogP contribution < -0.4 is 11.3 Å². The number of thiazole rings is 1. The van der Waals surface area contributed by atoms with Crippen LogP contribution in [-0.4, -0.2) is 4.98 Å². The van der Waals surface area contributed by atoms with E-state index >= 15 is 0 Å². The highest BCUT2D eigenvalue weighted by Gasteiger charge is 2.15. The molecule has 0 aliphatic rings. The fourth-order valence-electron chi connectivity index (χ4n) is 2.23. The summed E-state index contributed by atoms with van der Waals surface area (Å²) in [6, 6.07) is 10.8. The Morgan fingerprint density at radius 1 is 1.14 bits per heavy atom. The molecule has 2 aromatic carbocycles. The van der Waals surface area contributed by atoms with Gasteiger partial charge in [0.05, 0.1) is 21.3 Å². The van der Waals surface area contributed by atoms with Crippen molar-refractivity contribution in [2.24, 2.45) is 5.84 Å². The van der Waals surface area contributed by atoms with Crippen LogP contribution in [-0.2, 0) is 6.42 Å². The van der Waals surface area contributed by atoms with E-state index in [4.69, 9.17) is 5.84 Å². The fraction of sp³-hybridized carbons (Fsp3) is 0.133. The number of hydrogen-bond acceptors (Lipinski definition) is 4. The molecule has 0 amide bonds. The highest BCUT2D eigenvalue weighted by atomic mass is 32.1. The van der Waals surface area contributed by atoms with Gasteiger partial charge in [-0.2, -0.15) is 0 Å². The Labute approximate surface area is 124 Å². The maximum atomic E-state index is 13.3. The third-order valence-electron chi connectivity index (χ3n) is 3.21. The number of halogens is 2. The predicted molar refractivity (Wildman–Crippen MR) is 79.7 cm³/mol. The Morgan fingerprint density at radius 3 is 2.52 bits per heavy atom. The van der Waals surface area contributed by atoms with Crippen molar-refractivity contribution in [2.45, 2.75) is 12.5 Å². The molecule has 108 valence electrons. The molecule has 0 saturated carbocycles. The van der Waals surface area contributed by atoms with Gasteiger partial charge in [0.2, 0.25) is 0 Å². The molecule has 1 aromatic heterocycles. The van der Waals surface area contributed by atoms with Crippen molar-refractivity contribution in [2.75, 3.05) is 0 Å². The van der Waals surface area contributed by atoms with Crippen LogP contribution in [0.15, 0.2) is 42.5 Å². The van der Waals surface area contributed by atoms with Crippen LogP contribution in [0.5, 0.6) is 0 Å². The van der Waals surface area contributed by atoms with E-state index in [-0.39, 0.29) is 0 Å². The minimum absolute atomic E-state index is 0.393. The molecule has 1 atom stereocenters. The van der Waals surface area contributed by atoms with Gasteiger partial charge in [0.25, 0.3) is 0 Å². The molecule has 21 heavy (non-hydrogen) atoms. The maximum absolute atomic E-state index is 13.3. The fourth-order valence-corrected chi connectivity index (χ4v) is 3.24. The molecule has 3 aromatic rings. The first-order chi connectivity index (χ1) is 10.2. The van der Waals surface area contributed by atoms with E-state index in [1.54, 1.807) is 11.3 Å². The third-order valence-corrected chi connectivity index (χ3v) is 4.26. The Kier molecular flexibility index (Phi) is 3.92. The minimum Gasteiger partial charge on any atom is -0.271 e.